The molecule has 0 aliphatic heterocycles. The maximum Gasteiger partial charge on any atom is 0.540 e. The third-order valence-corrected chi connectivity index (χ3v) is 3.03. The van der Waals surface area contributed by atoms with Gasteiger partial charge in [-0.05, 0) is 37.1 Å². The first-order valence-electron chi connectivity index (χ1n) is 9.03. The molecule has 10 N–H and O–H groups in total. The van der Waals surface area contributed by atoms with Crippen molar-refractivity contribution in [2.45, 2.75) is 64.2 Å². The van der Waals surface area contributed by atoms with E-state index in [0.29, 0.717) is 25.7 Å². The van der Waals surface area contributed by atoms with Gasteiger partial charge in [0.2, 0.25) is 0 Å². The van der Waals surface area contributed by atoms with Crippen molar-refractivity contribution in [3.05, 3.63) is 0 Å². The standard InChI is InChI=1S/2C8H14O7.2H3N/c2*9-7(10)5-3-1-2-4-6-13-15-14-8(11)12;;/h2*1-6H2,(H,9,10)(H,11,12);2*1H3. The molecule has 16 heteroatoms. The Kier molecular flexibility index (Phi) is 32.3. The van der Waals surface area contributed by atoms with Crippen molar-refractivity contribution in [3.63, 3.8) is 0 Å². The Morgan fingerprint density at radius 2 is 1.06 bits per heavy atom. The number of unbranched alkanes of at least 4 members (excludes halogenated alkanes) is 6. The number of carboxylic acids is 2. The van der Waals surface area contributed by atoms with Crippen LogP contribution in [0.5, 0.6) is 0 Å². The summed E-state index contributed by atoms with van der Waals surface area (Å²) in [5, 5.41) is 43.5. The summed E-state index contributed by atoms with van der Waals surface area (Å²) in [4.78, 5) is 55.3. The Bertz CT molecular complexity index is 396. The molecule has 0 aromatic carbocycles. The number of carbonyl (C=O) groups is 4. The van der Waals surface area contributed by atoms with Crippen LogP contribution in [0.25, 0.3) is 0 Å². The Labute approximate surface area is 184 Å². The van der Waals surface area contributed by atoms with Crippen molar-refractivity contribution in [1.29, 1.82) is 0 Å². The molecule has 0 unspecified atom stereocenters. The zero-order valence-corrected chi connectivity index (χ0v) is 18.3. The Morgan fingerprint density at radius 1 is 0.625 bits per heavy atom. The topological polar surface area (TPSA) is 283 Å². The average molecular weight is 478 g/mol. The van der Waals surface area contributed by atoms with Crippen LogP contribution in [0.1, 0.15) is 64.2 Å². The quantitative estimate of drug-likeness (QED) is 0.122. The smallest absolute Gasteiger partial charge is 0.540 e. The van der Waals surface area contributed by atoms with Crippen LogP contribution in [-0.4, -0.2) is 47.7 Å². The lowest BCUT2D eigenvalue weighted by molar-refractivity contribution is -0.509. The van der Waals surface area contributed by atoms with Crippen LogP contribution < -0.4 is 22.5 Å². The van der Waals surface area contributed by atoms with E-state index in [9.17, 15) is 29.4 Å². The summed E-state index contributed by atoms with van der Waals surface area (Å²) < 4.78 is 0. The van der Waals surface area contributed by atoms with E-state index in [1.807, 2.05) is 0 Å². The van der Waals surface area contributed by atoms with Gasteiger partial charge in [-0.25, -0.2) is 14.6 Å². The minimum Gasteiger partial charge on any atom is -0.550 e. The molecule has 0 spiro atoms. The number of rotatable bonds is 18. The Balaban J connectivity index is -0.000000231. The molecule has 0 radical (unpaired) electrons. The molecule has 0 heterocycles. The second kappa shape index (κ2) is 28.2. The fourth-order valence-corrected chi connectivity index (χ4v) is 1.75. The molecule has 0 rings (SSSR count). The molecule has 0 fully saturated rings. The summed E-state index contributed by atoms with van der Waals surface area (Å²) >= 11 is 0. The molecule has 0 saturated heterocycles. The van der Waals surface area contributed by atoms with E-state index in [-0.39, 0.29) is 38.4 Å². The minimum atomic E-state index is -1.83. The van der Waals surface area contributed by atoms with Crippen LogP contribution in [0.2, 0.25) is 0 Å². The number of carbonyl (C=O) groups excluding carboxylic acids is 2. The number of quaternary nitrogens is 2. The number of hydrogen-bond acceptors (Lipinski definition) is 12. The minimum absolute atomic E-state index is 0. The van der Waals surface area contributed by atoms with Crippen LogP contribution in [0, 0.1) is 0 Å². The van der Waals surface area contributed by atoms with Crippen LogP contribution >= 0.6 is 0 Å². The highest BCUT2D eigenvalue weighted by atomic mass is 17.5. The van der Waals surface area contributed by atoms with Gasteiger partial charge >= 0.3 is 12.1 Å². The van der Waals surface area contributed by atoms with E-state index in [1.165, 1.54) is 0 Å². The average Bonchev–Trinajstić information content (AvgIpc) is 2.65. The first-order chi connectivity index (χ1) is 14.3. The van der Waals surface area contributed by atoms with E-state index >= 15 is 0 Å². The van der Waals surface area contributed by atoms with Gasteiger partial charge in [-0.1, -0.05) is 30.7 Å². The summed E-state index contributed by atoms with van der Waals surface area (Å²) in [7, 11) is 0. The van der Waals surface area contributed by atoms with E-state index in [4.69, 9.17) is 10.2 Å². The predicted molar refractivity (Wildman–Crippen MR) is 100 cm³/mol. The lowest BCUT2D eigenvalue weighted by Gasteiger charge is -2.06. The van der Waals surface area contributed by atoms with Crippen molar-refractivity contribution in [3.8, 4) is 0 Å². The molecule has 0 aliphatic rings. The van der Waals surface area contributed by atoms with Gasteiger partial charge in [-0.2, -0.15) is 4.89 Å². The molecule has 0 saturated carbocycles. The molecule has 192 valence electrons. The summed E-state index contributed by atoms with van der Waals surface area (Å²) in [6, 6.07) is 0. The third kappa shape index (κ3) is 41.6. The molecule has 0 bridgehead atoms. The summed E-state index contributed by atoms with van der Waals surface area (Å²) in [6.45, 7) is 0.374. The predicted octanol–water partition coefficient (Wildman–Crippen LogP) is 1.24. The second-order valence-corrected chi connectivity index (χ2v) is 5.56. The Hall–Kier alpha value is -2.76. The number of hydrogen-bond donors (Lipinski definition) is 4. The third-order valence-electron chi connectivity index (χ3n) is 3.03. The fraction of sp³-hybridized carbons (Fsp3) is 0.750. The lowest BCUT2D eigenvalue weighted by Crippen LogP contribution is -2.23. The second-order valence-electron chi connectivity index (χ2n) is 5.56. The highest BCUT2D eigenvalue weighted by Crippen LogP contribution is 2.03. The molecule has 0 amide bonds. The van der Waals surface area contributed by atoms with E-state index in [0.717, 1.165) is 25.7 Å². The van der Waals surface area contributed by atoms with Crippen molar-refractivity contribution in [2.75, 3.05) is 13.2 Å². The molecule has 16 nitrogen and oxygen atoms in total. The zero-order chi connectivity index (χ0) is 23.0. The first-order valence-corrected chi connectivity index (χ1v) is 9.03. The molecular weight excluding hydrogens is 444 g/mol. The van der Waals surface area contributed by atoms with E-state index in [2.05, 4.69) is 29.6 Å². The molecule has 0 atom stereocenters. The van der Waals surface area contributed by atoms with Crippen LogP contribution in [0.4, 0.5) is 9.59 Å². The van der Waals surface area contributed by atoms with Crippen molar-refractivity contribution in [1.82, 2.24) is 12.3 Å². The molecule has 0 aliphatic carbocycles. The van der Waals surface area contributed by atoms with Gasteiger partial charge in [0.15, 0.2) is 0 Å². The van der Waals surface area contributed by atoms with E-state index < -0.39 is 24.2 Å². The molecule has 0 aromatic rings. The van der Waals surface area contributed by atoms with Crippen molar-refractivity contribution in [2.24, 2.45) is 0 Å². The first kappa shape index (κ1) is 36.6. The normalized spacial score (nSPS) is 9.25. The van der Waals surface area contributed by atoms with Crippen LogP contribution in [0.3, 0.4) is 0 Å². The largest absolute Gasteiger partial charge is 0.550 e. The zero-order valence-electron chi connectivity index (χ0n) is 18.3. The summed E-state index contributed by atoms with van der Waals surface area (Å²) in [5.41, 5.74) is 0. The lowest BCUT2D eigenvalue weighted by atomic mass is 10.1. The van der Waals surface area contributed by atoms with Gasteiger partial charge in [0, 0.05) is 12.4 Å². The van der Waals surface area contributed by atoms with Crippen molar-refractivity contribution < 1.29 is 69.2 Å². The number of carboxylic acid groups (broad SMARTS) is 4. The maximum atomic E-state index is 10.1. The molecule has 0 aromatic heterocycles. The van der Waals surface area contributed by atoms with Gasteiger partial charge in [0.05, 0.1) is 13.2 Å². The fourth-order valence-electron chi connectivity index (χ4n) is 1.75. The highest BCUT2D eigenvalue weighted by molar-refractivity contribution is 5.66. The van der Waals surface area contributed by atoms with E-state index in [1.54, 1.807) is 0 Å². The van der Waals surface area contributed by atoms with Gasteiger partial charge in [-0.3, -0.25) is 4.79 Å². The van der Waals surface area contributed by atoms with Gasteiger partial charge < -0.3 is 47.2 Å². The highest BCUT2D eigenvalue weighted by Gasteiger charge is 1.99. The molecule has 32 heavy (non-hydrogen) atoms. The summed E-state index contributed by atoms with van der Waals surface area (Å²) in [5.74, 6) is -1.86. The van der Waals surface area contributed by atoms with Gasteiger partial charge in [0.25, 0.3) is 6.16 Å². The van der Waals surface area contributed by atoms with Crippen molar-refractivity contribution >= 4 is 24.2 Å². The van der Waals surface area contributed by atoms with Crippen LogP contribution in [-0.2, 0) is 39.2 Å². The Morgan fingerprint density at radius 3 is 1.47 bits per heavy atom. The number of aliphatic carboxylic acids is 2. The SMILES string of the molecule is O=C(O)CCCCCCOOOC(=O)O.O=C([O-])CCCCCCOOOC(=O)[O-].[NH4+].[NH4+]. The monoisotopic (exact) mass is 478 g/mol. The maximum absolute atomic E-state index is 10.1. The van der Waals surface area contributed by atoms with Gasteiger partial charge in [0.1, 0.15) is 0 Å². The summed E-state index contributed by atoms with van der Waals surface area (Å²) in [6.07, 6.45) is 2.33. The van der Waals surface area contributed by atoms with Gasteiger partial charge in [-0.15, -0.1) is 0 Å². The molecular formula is C16H34N2O14. The van der Waals surface area contributed by atoms with Crippen LogP contribution in [0.15, 0.2) is 0 Å².